The summed E-state index contributed by atoms with van der Waals surface area (Å²) in [6, 6.07) is 14.1. The van der Waals surface area contributed by atoms with Crippen LogP contribution in [0.5, 0.6) is 5.75 Å². The second-order valence-electron chi connectivity index (χ2n) is 4.53. The molecule has 0 bridgehead atoms. The van der Waals surface area contributed by atoms with Gasteiger partial charge in [0.2, 0.25) is 0 Å². The number of benzene rings is 2. The number of esters is 1. The lowest BCUT2D eigenvalue weighted by atomic mass is 10.1. The van der Waals surface area contributed by atoms with Crippen LogP contribution in [0.15, 0.2) is 48.5 Å². The predicted molar refractivity (Wildman–Crippen MR) is 78.6 cm³/mol. The summed E-state index contributed by atoms with van der Waals surface area (Å²) in [6.45, 7) is 1.62. The van der Waals surface area contributed by atoms with E-state index < -0.39 is 5.97 Å². The normalized spacial score (nSPS) is 10.0. The van der Waals surface area contributed by atoms with Crippen molar-refractivity contribution in [3.63, 3.8) is 0 Å². The molecule has 0 aliphatic carbocycles. The molecule has 0 saturated heterocycles. The van der Waals surface area contributed by atoms with Crippen molar-refractivity contribution in [1.29, 1.82) is 0 Å². The molecule has 2 aromatic carbocycles. The van der Waals surface area contributed by atoms with Crippen molar-refractivity contribution in [2.24, 2.45) is 0 Å². The first-order valence-corrected chi connectivity index (χ1v) is 6.52. The molecule has 0 atom stereocenters. The first-order valence-electron chi connectivity index (χ1n) is 6.52. The first kappa shape index (κ1) is 14.8. The standard InChI is InChI=1S/C17H16O4/c1-12(18)14-8-9-16(20-2)15(10-14)17(19)21-11-13-6-4-3-5-7-13/h3-10H,11H2,1-2H3. The summed E-state index contributed by atoms with van der Waals surface area (Å²) in [5, 5.41) is 0. The van der Waals surface area contributed by atoms with E-state index >= 15 is 0 Å². The van der Waals surface area contributed by atoms with Gasteiger partial charge in [-0.1, -0.05) is 30.3 Å². The maximum atomic E-state index is 12.2. The highest BCUT2D eigenvalue weighted by Crippen LogP contribution is 2.21. The van der Waals surface area contributed by atoms with Gasteiger partial charge >= 0.3 is 5.97 Å². The zero-order chi connectivity index (χ0) is 15.2. The van der Waals surface area contributed by atoms with E-state index in [4.69, 9.17) is 9.47 Å². The Bertz CT molecular complexity index is 647. The predicted octanol–water partition coefficient (Wildman–Crippen LogP) is 3.25. The van der Waals surface area contributed by atoms with E-state index in [1.54, 1.807) is 12.1 Å². The maximum absolute atomic E-state index is 12.2. The van der Waals surface area contributed by atoms with Crippen LogP contribution >= 0.6 is 0 Å². The average Bonchev–Trinajstić information content (AvgIpc) is 2.52. The van der Waals surface area contributed by atoms with Crippen LogP contribution in [0.25, 0.3) is 0 Å². The molecular formula is C17H16O4. The van der Waals surface area contributed by atoms with E-state index in [9.17, 15) is 9.59 Å². The monoisotopic (exact) mass is 284 g/mol. The smallest absolute Gasteiger partial charge is 0.342 e. The van der Waals surface area contributed by atoms with Crippen molar-refractivity contribution >= 4 is 11.8 Å². The molecular weight excluding hydrogens is 268 g/mol. The maximum Gasteiger partial charge on any atom is 0.342 e. The van der Waals surface area contributed by atoms with Crippen LogP contribution in [0.3, 0.4) is 0 Å². The number of hydrogen-bond donors (Lipinski definition) is 0. The molecule has 4 heteroatoms. The van der Waals surface area contributed by atoms with Crippen LogP contribution in [0, 0.1) is 0 Å². The molecule has 108 valence electrons. The molecule has 4 nitrogen and oxygen atoms in total. The van der Waals surface area contributed by atoms with Gasteiger partial charge in [0.25, 0.3) is 0 Å². The van der Waals surface area contributed by atoms with Crippen molar-refractivity contribution in [3.8, 4) is 5.75 Å². The second-order valence-corrected chi connectivity index (χ2v) is 4.53. The lowest BCUT2D eigenvalue weighted by Gasteiger charge is -2.10. The molecule has 0 fully saturated rings. The molecule has 0 aliphatic rings. The molecule has 0 heterocycles. The molecule has 0 aromatic heterocycles. The fraction of sp³-hybridized carbons (Fsp3) is 0.176. The Morgan fingerprint density at radius 2 is 1.76 bits per heavy atom. The van der Waals surface area contributed by atoms with Crippen molar-refractivity contribution in [2.45, 2.75) is 13.5 Å². The number of methoxy groups -OCH3 is 1. The molecule has 0 aliphatic heterocycles. The van der Waals surface area contributed by atoms with Gasteiger partial charge in [-0.15, -0.1) is 0 Å². The Labute approximate surface area is 123 Å². The van der Waals surface area contributed by atoms with E-state index in [1.807, 2.05) is 30.3 Å². The van der Waals surface area contributed by atoms with Crippen LogP contribution < -0.4 is 4.74 Å². The summed E-state index contributed by atoms with van der Waals surface area (Å²) in [5.41, 5.74) is 1.59. The summed E-state index contributed by atoms with van der Waals surface area (Å²) < 4.78 is 10.4. The zero-order valence-corrected chi connectivity index (χ0v) is 12.0. The van der Waals surface area contributed by atoms with Gasteiger partial charge in [-0.05, 0) is 30.7 Å². The zero-order valence-electron chi connectivity index (χ0n) is 12.0. The summed E-state index contributed by atoms with van der Waals surface area (Å²) >= 11 is 0. The van der Waals surface area contributed by atoms with Crippen LogP contribution in [0.2, 0.25) is 0 Å². The largest absolute Gasteiger partial charge is 0.496 e. The Kier molecular flexibility index (Phi) is 4.72. The number of carbonyl (C=O) groups is 2. The minimum atomic E-state index is -0.515. The third kappa shape index (κ3) is 3.69. The highest BCUT2D eigenvalue weighted by molar-refractivity contribution is 5.99. The highest BCUT2D eigenvalue weighted by atomic mass is 16.5. The number of ketones is 1. The van der Waals surface area contributed by atoms with Gasteiger partial charge in [0.1, 0.15) is 17.9 Å². The minimum Gasteiger partial charge on any atom is -0.496 e. The third-order valence-corrected chi connectivity index (χ3v) is 3.04. The van der Waals surface area contributed by atoms with Crippen LogP contribution in [0.1, 0.15) is 33.2 Å². The Balaban J connectivity index is 2.17. The van der Waals surface area contributed by atoms with Gasteiger partial charge in [-0.2, -0.15) is 0 Å². The van der Waals surface area contributed by atoms with E-state index in [2.05, 4.69) is 0 Å². The molecule has 21 heavy (non-hydrogen) atoms. The number of hydrogen-bond acceptors (Lipinski definition) is 4. The average molecular weight is 284 g/mol. The molecule has 0 unspecified atom stereocenters. The van der Waals surface area contributed by atoms with Crippen molar-refractivity contribution in [1.82, 2.24) is 0 Å². The van der Waals surface area contributed by atoms with Crippen LogP contribution in [-0.4, -0.2) is 18.9 Å². The van der Waals surface area contributed by atoms with Crippen molar-refractivity contribution in [3.05, 3.63) is 65.2 Å². The number of Topliss-reactive ketones (excluding diaryl/α,β-unsaturated/α-hetero) is 1. The number of rotatable bonds is 5. The molecule has 0 radical (unpaired) electrons. The van der Waals surface area contributed by atoms with E-state index in [1.165, 1.54) is 20.1 Å². The van der Waals surface area contributed by atoms with Crippen LogP contribution in [-0.2, 0) is 11.3 Å². The van der Waals surface area contributed by atoms with Gasteiger partial charge in [-0.3, -0.25) is 4.79 Å². The van der Waals surface area contributed by atoms with Crippen molar-refractivity contribution in [2.75, 3.05) is 7.11 Å². The van der Waals surface area contributed by atoms with Gasteiger partial charge in [0.15, 0.2) is 5.78 Å². The third-order valence-electron chi connectivity index (χ3n) is 3.04. The summed E-state index contributed by atoms with van der Waals surface area (Å²) in [4.78, 5) is 23.6. The molecule has 2 aromatic rings. The second kappa shape index (κ2) is 6.70. The van der Waals surface area contributed by atoms with Gasteiger partial charge in [0.05, 0.1) is 7.11 Å². The Hall–Kier alpha value is -2.62. The van der Waals surface area contributed by atoms with Crippen molar-refractivity contribution < 1.29 is 19.1 Å². The number of ether oxygens (including phenoxy) is 2. The highest BCUT2D eigenvalue weighted by Gasteiger charge is 2.16. The summed E-state index contributed by atoms with van der Waals surface area (Å²) in [5.74, 6) is -0.244. The van der Waals surface area contributed by atoms with E-state index in [0.29, 0.717) is 11.3 Å². The topological polar surface area (TPSA) is 52.6 Å². The minimum absolute atomic E-state index is 0.116. The summed E-state index contributed by atoms with van der Waals surface area (Å²) in [7, 11) is 1.47. The first-order chi connectivity index (χ1) is 10.1. The quantitative estimate of drug-likeness (QED) is 0.624. The van der Waals surface area contributed by atoms with Gasteiger partial charge < -0.3 is 9.47 Å². The number of carbonyl (C=O) groups excluding carboxylic acids is 2. The Morgan fingerprint density at radius 1 is 1.05 bits per heavy atom. The molecule has 0 N–H and O–H groups in total. The molecule has 2 rings (SSSR count). The van der Waals surface area contributed by atoms with E-state index in [0.717, 1.165) is 5.56 Å². The lowest BCUT2D eigenvalue weighted by Crippen LogP contribution is -2.08. The molecule has 0 amide bonds. The van der Waals surface area contributed by atoms with E-state index in [-0.39, 0.29) is 18.0 Å². The fourth-order valence-electron chi connectivity index (χ4n) is 1.89. The Morgan fingerprint density at radius 3 is 2.38 bits per heavy atom. The fourth-order valence-corrected chi connectivity index (χ4v) is 1.89. The van der Waals surface area contributed by atoms with Gasteiger partial charge in [0, 0.05) is 5.56 Å². The van der Waals surface area contributed by atoms with Crippen LogP contribution in [0.4, 0.5) is 0 Å². The molecule has 0 spiro atoms. The lowest BCUT2D eigenvalue weighted by molar-refractivity contribution is 0.0469. The molecule has 0 saturated carbocycles. The summed E-state index contributed by atoms with van der Waals surface area (Å²) in [6.07, 6.45) is 0. The SMILES string of the molecule is COc1ccc(C(C)=O)cc1C(=O)OCc1ccccc1. The van der Waals surface area contributed by atoms with Gasteiger partial charge in [-0.25, -0.2) is 4.79 Å².